The van der Waals surface area contributed by atoms with E-state index >= 15 is 0 Å². The molecule has 4 heteroatoms. The monoisotopic (exact) mass is 262 g/mol. The molecule has 19 heavy (non-hydrogen) atoms. The minimum Gasteiger partial charge on any atom is -0.373 e. The summed E-state index contributed by atoms with van der Waals surface area (Å²) in [6.07, 6.45) is 6.50. The lowest BCUT2D eigenvalue weighted by molar-refractivity contribution is 0.501. The van der Waals surface area contributed by atoms with E-state index in [1.165, 1.54) is 32.1 Å². The Morgan fingerprint density at radius 1 is 1.00 bits per heavy atom. The summed E-state index contributed by atoms with van der Waals surface area (Å²) in [5.74, 6) is 3.61. The third-order valence-corrected chi connectivity index (χ3v) is 4.09. The van der Waals surface area contributed by atoms with E-state index in [4.69, 9.17) is 0 Å². The second-order valence-electron chi connectivity index (χ2n) is 5.80. The van der Waals surface area contributed by atoms with E-state index in [-0.39, 0.29) is 0 Å². The number of rotatable bonds is 3. The zero-order valence-electron chi connectivity index (χ0n) is 12.6. The molecule has 1 heterocycles. The molecule has 0 aromatic carbocycles. The Kier molecular flexibility index (Phi) is 4.61. The lowest BCUT2D eigenvalue weighted by Crippen LogP contribution is -2.21. The van der Waals surface area contributed by atoms with E-state index in [9.17, 15) is 0 Å². The van der Waals surface area contributed by atoms with Crippen LogP contribution in [0.5, 0.6) is 0 Å². The Balaban J connectivity index is 2.12. The highest BCUT2D eigenvalue weighted by atomic mass is 15.1. The summed E-state index contributed by atoms with van der Waals surface area (Å²) in [4.78, 5) is 8.98. The van der Waals surface area contributed by atoms with Crippen LogP contribution in [0, 0.1) is 19.8 Å². The Morgan fingerprint density at radius 2 is 1.74 bits per heavy atom. The van der Waals surface area contributed by atoms with Gasteiger partial charge in [-0.3, -0.25) is 0 Å². The Morgan fingerprint density at radius 3 is 2.47 bits per heavy atom. The third kappa shape index (κ3) is 3.58. The topological polar surface area (TPSA) is 49.8 Å². The summed E-state index contributed by atoms with van der Waals surface area (Å²) in [6.45, 7) is 6.38. The average molecular weight is 262 g/mol. The van der Waals surface area contributed by atoms with Crippen LogP contribution in [0.3, 0.4) is 0 Å². The first kappa shape index (κ1) is 14.1. The molecule has 106 valence electrons. The summed E-state index contributed by atoms with van der Waals surface area (Å²) in [7, 11) is 1.91. The second-order valence-corrected chi connectivity index (χ2v) is 5.80. The molecule has 2 N–H and O–H groups in total. The standard InChI is InChI=1S/C15H26N4/c1-10-6-5-7-13(9-8-10)19-15-11(2)14(16-4)17-12(3)18-15/h10,13H,5-9H2,1-4H3,(H2,16,17,18,19). The summed E-state index contributed by atoms with van der Waals surface area (Å²) in [5, 5.41) is 6.78. The van der Waals surface area contributed by atoms with Gasteiger partial charge >= 0.3 is 0 Å². The summed E-state index contributed by atoms with van der Waals surface area (Å²) in [6, 6.07) is 0.558. The van der Waals surface area contributed by atoms with Crippen LogP contribution in [0.4, 0.5) is 11.6 Å². The van der Waals surface area contributed by atoms with Crippen molar-refractivity contribution in [3.05, 3.63) is 11.4 Å². The van der Waals surface area contributed by atoms with Crippen LogP contribution in [0.1, 0.15) is 50.4 Å². The highest BCUT2D eigenvalue weighted by Gasteiger charge is 2.18. The van der Waals surface area contributed by atoms with Crippen LogP contribution >= 0.6 is 0 Å². The molecule has 0 amide bonds. The van der Waals surface area contributed by atoms with Crippen molar-refractivity contribution in [3.8, 4) is 0 Å². The van der Waals surface area contributed by atoms with Gasteiger partial charge in [0.05, 0.1) is 0 Å². The molecular formula is C15H26N4. The number of hydrogen-bond donors (Lipinski definition) is 2. The third-order valence-electron chi connectivity index (χ3n) is 4.09. The number of aryl methyl sites for hydroxylation is 1. The fourth-order valence-corrected chi connectivity index (χ4v) is 2.84. The van der Waals surface area contributed by atoms with Gasteiger partial charge in [0, 0.05) is 18.7 Å². The first-order valence-corrected chi connectivity index (χ1v) is 7.39. The Bertz CT molecular complexity index is 430. The van der Waals surface area contributed by atoms with Crippen molar-refractivity contribution < 1.29 is 0 Å². The second kappa shape index (κ2) is 6.22. The van der Waals surface area contributed by atoms with Crippen LogP contribution < -0.4 is 10.6 Å². The van der Waals surface area contributed by atoms with Crippen molar-refractivity contribution >= 4 is 11.6 Å². The number of hydrogen-bond acceptors (Lipinski definition) is 4. The maximum absolute atomic E-state index is 4.56. The van der Waals surface area contributed by atoms with Gasteiger partial charge in [-0.25, -0.2) is 9.97 Å². The fraction of sp³-hybridized carbons (Fsp3) is 0.733. The van der Waals surface area contributed by atoms with Crippen molar-refractivity contribution in [2.45, 2.75) is 58.9 Å². The van der Waals surface area contributed by atoms with Gasteiger partial charge in [0.25, 0.3) is 0 Å². The van der Waals surface area contributed by atoms with E-state index in [0.717, 1.165) is 28.9 Å². The van der Waals surface area contributed by atoms with Crippen LogP contribution in [0.2, 0.25) is 0 Å². The molecule has 2 atom stereocenters. The first-order valence-electron chi connectivity index (χ1n) is 7.39. The fourth-order valence-electron chi connectivity index (χ4n) is 2.84. The highest BCUT2D eigenvalue weighted by molar-refractivity contribution is 5.57. The zero-order valence-corrected chi connectivity index (χ0v) is 12.6. The van der Waals surface area contributed by atoms with Gasteiger partial charge < -0.3 is 10.6 Å². The molecule has 1 aliphatic rings. The molecule has 0 spiro atoms. The number of aromatic nitrogens is 2. The van der Waals surface area contributed by atoms with Crippen LogP contribution in [0.25, 0.3) is 0 Å². The van der Waals surface area contributed by atoms with E-state index < -0.39 is 0 Å². The minimum absolute atomic E-state index is 0.558. The Hall–Kier alpha value is -1.32. The normalized spacial score (nSPS) is 23.8. The molecule has 1 aromatic rings. The van der Waals surface area contributed by atoms with E-state index in [1.54, 1.807) is 0 Å². The molecule has 0 bridgehead atoms. The lowest BCUT2D eigenvalue weighted by Gasteiger charge is -2.20. The van der Waals surface area contributed by atoms with Crippen molar-refractivity contribution in [1.29, 1.82) is 0 Å². The van der Waals surface area contributed by atoms with Crippen molar-refractivity contribution in [2.24, 2.45) is 5.92 Å². The first-order chi connectivity index (χ1) is 9.10. The quantitative estimate of drug-likeness (QED) is 0.818. The number of nitrogens with one attached hydrogen (secondary N) is 2. The molecule has 0 radical (unpaired) electrons. The van der Waals surface area contributed by atoms with E-state index in [0.29, 0.717) is 6.04 Å². The molecule has 0 saturated heterocycles. The van der Waals surface area contributed by atoms with Gasteiger partial charge in [-0.15, -0.1) is 0 Å². The van der Waals surface area contributed by atoms with Gasteiger partial charge in [0.2, 0.25) is 0 Å². The number of anilines is 2. The molecule has 1 fully saturated rings. The molecule has 2 rings (SSSR count). The predicted molar refractivity (Wildman–Crippen MR) is 80.7 cm³/mol. The van der Waals surface area contributed by atoms with Gasteiger partial charge in [-0.05, 0) is 39.0 Å². The van der Waals surface area contributed by atoms with Gasteiger partial charge in [0.1, 0.15) is 17.5 Å². The zero-order chi connectivity index (χ0) is 13.8. The smallest absolute Gasteiger partial charge is 0.134 e. The summed E-state index contributed by atoms with van der Waals surface area (Å²) >= 11 is 0. The lowest BCUT2D eigenvalue weighted by atomic mass is 10.0. The van der Waals surface area contributed by atoms with Crippen molar-refractivity contribution in [2.75, 3.05) is 17.7 Å². The molecular weight excluding hydrogens is 236 g/mol. The van der Waals surface area contributed by atoms with Gasteiger partial charge in [-0.1, -0.05) is 19.8 Å². The Labute approximate surface area is 116 Å². The number of nitrogens with zero attached hydrogens (tertiary/aromatic N) is 2. The largest absolute Gasteiger partial charge is 0.373 e. The van der Waals surface area contributed by atoms with E-state index in [1.807, 2.05) is 14.0 Å². The molecule has 1 aliphatic carbocycles. The van der Waals surface area contributed by atoms with Crippen LogP contribution in [-0.2, 0) is 0 Å². The summed E-state index contributed by atoms with van der Waals surface area (Å²) < 4.78 is 0. The predicted octanol–water partition coefficient (Wildman–Crippen LogP) is 3.52. The maximum Gasteiger partial charge on any atom is 0.134 e. The molecule has 1 saturated carbocycles. The molecule has 0 aliphatic heterocycles. The summed E-state index contributed by atoms with van der Waals surface area (Å²) in [5.41, 5.74) is 1.12. The molecule has 2 unspecified atom stereocenters. The van der Waals surface area contributed by atoms with Crippen molar-refractivity contribution in [3.63, 3.8) is 0 Å². The highest BCUT2D eigenvalue weighted by Crippen LogP contribution is 2.26. The SMILES string of the molecule is CNc1nc(C)nc(NC2CCCC(C)CC2)c1C. The van der Waals surface area contributed by atoms with Crippen LogP contribution in [-0.4, -0.2) is 23.1 Å². The maximum atomic E-state index is 4.56. The van der Waals surface area contributed by atoms with Gasteiger partial charge in [0.15, 0.2) is 0 Å². The minimum atomic E-state index is 0.558. The van der Waals surface area contributed by atoms with Crippen molar-refractivity contribution in [1.82, 2.24) is 9.97 Å². The van der Waals surface area contributed by atoms with Gasteiger partial charge in [-0.2, -0.15) is 0 Å². The molecule has 1 aromatic heterocycles. The molecule has 4 nitrogen and oxygen atoms in total. The average Bonchev–Trinajstić information content (AvgIpc) is 2.58. The van der Waals surface area contributed by atoms with E-state index in [2.05, 4.69) is 34.4 Å². The van der Waals surface area contributed by atoms with Crippen LogP contribution in [0.15, 0.2) is 0 Å².